The smallest absolute Gasteiger partial charge is 0.260 e. The monoisotopic (exact) mass is 497 g/mol. The van der Waals surface area contributed by atoms with Crippen molar-refractivity contribution in [3.63, 3.8) is 0 Å². The Bertz CT molecular complexity index is 1200. The van der Waals surface area contributed by atoms with Crippen LogP contribution in [0.2, 0.25) is 0 Å². The first-order chi connectivity index (χ1) is 14.0. The number of benzene rings is 2. The third kappa shape index (κ3) is 4.00. The van der Waals surface area contributed by atoms with Gasteiger partial charge in [0.05, 0.1) is 5.57 Å². The Kier molecular flexibility index (Phi) is 5.30. The molecule has 2 N–H and O–H groups in total. The number of hydrogen-bond acceptors (Lipinski definition) is 4. The lowest BCUT2D eigenvalue weighted by Gasteiger charge is -2.18. The molecule has 0 saturated heterocycles. The van der Waals surface area contributed by atoms with Gasteiger partial charge in [-0.15, -0.1) is 0 Å². The van der Waals surface area contributed by atoms with Crippen molar-refractivity contribution >= 4 is 40.0 Å². The van der Waals surface area contributed by atoms with Gasteiger partial charge < -0.3 is 5.32 Å². The highest BCUT2D eigenvalue weighted by atomic mass is 127. The molecule has 3 aromatic rings. The number of nitrogens with one attached hydrogen (secondary N) is 2. The fourth-order valence-corrected chi connectivity index (χ4v) is 3.63. The van der Waals surface area contributed by atoms with Gasteiger partial charge in [0, 0.05) is 45.4 Å². The van der Waals surface area contributed by atoms with Gasteiger partial charge in [0.1, 0.15) is 0 Å². The van der Waals surface area contributed by atoms with Crippen LogP contribution in [-0.4, -0.2) is 16.4 Å². The maximum absolute atomic E-state index is 12.4. The molecule has 29 heavy (non-hydrogen) atoms. The zero-order valence-electron chi connectivity index (χ0n) is 15.2. The highest BCUT2D eigenvalue weighted by Crippen LogP contribution is 2.25. The van der Waals surface area contributed by atoms with E-state index >= 15 is 0 Å². The first-order valence-corrected chi connectivity index (χ1v) is 9.97. The van der Waals surface area contributed by atoms with Gasteiger partial charge in [-0.05, 0) is 64.6 Å². The van der Waals surface area contributed by atoms with Gasteiger partial charge in [-0.3, -0.25) is 24.3 Å². The van der Waals surface area contributed by atoms with Crippen LogP contribution in [0.3, 0.4) is 0 Å². The van der Waals surface area contributed by atoms with Crippen molar-refractivity contribution in [1.82, 2.24) is 15.2 Å². The predicted molar refractivity (Wildman–Crippen MR) is 118 cm³/mol. The second kappa shape index (κ2) is 8.04. The van der Waals surface area contributed by atoms with Gasteiger partial charge in [0.2, 0.25) is 0 Å². The summed E-state index contributed by atoms with van der Waals surface area (Å²) in [6, 6.07) is 18.1. The molecule has 0 unspecified atom stereocenters. The Morgan fingerprint density at radius 1 is 0.931 bits per heavy atom. The van der Waals surface area contributed by atoms with Crippen LogP contribution in [-0.2, 0) is 11.3 Å². The number of amides is 2. The maximum Gasteiger partial charge on any atom is 0.260 e. The largest absolute Gasteiger partial charge is 0.386 e. The molecule has 0 atom stereocenters. The molecule has 0 aliphatic carbocycles. The van der Waals surface area contributed by atoms with Crippen molar-refractivity contribution in [2.75, 3.05) is 0 Å². The number of carbonyl (C=O) groups excluding carboxylic acids is 2. The molecule has 2 aromatic carbocycles. The minimum Gasteiger partial charge on any atom is -0.386 e. The van der Waals surface area contributed by atoms with Gasteiger partial charge in [0.15, 0.2) is 0 Å². The molecular formula is C22H16IN3O3. The van der Waals surface area contributed by atoms with Gasteiger partial charge in [-0.2, -0.15) is 0 Å². The molecule has 1 aliphatic rings. The number of imide groups is 1. The van der Waals surface area contributed by atoms with Crippen LogP contribution in [0.25, 0.3) is 11.3 Å². The summed E-state index contributed by atoms with van der Waals surface area (Å²) in [6.07, 6.45) is 3.31. The van der Waals surface area contributed by atoms with Crippen molar-refractivity contribution in [2.24, 2.45) is 0 Å². The van der Waals surface area contributed by atoms with E-state index in [1.165, 1.54) is 0 Å². The summed E-state index contributed by atoms with van der Waals surface area (Å²) < 4.78 is 2.50. The Morgan fingerprint density at radius 3 is 2.48 bits per heavy atom. The zero-order chi connectivity index (χ0) is 20.4. The van der Waals surface area contributed by atoms with Crippen LogP contribution in [0.1, 0.15) is 21.5 Å². The highest BCUT2D eigenvalue weighted by Gasteiger charge is 2.27. The number of halogens is 1. The highest BCUT2D eigenvalue weighted by molar-refractivity contribution is 14.1. The Labute approximate surface area is 180 Å². The van der Waals surface area contributed by atoms with E-state index in [4.69, 9.17) is 0 Å². The SMILES string of the molecule is O=C1NC(=O)c2ccc(I)cc2/C1=C/NCc1ccn(-c2ccccc2)c(=O)c1. The molecule has 2 heterocycles. The standard InChI is InChI=1S/C22H16IN3O3/c23-15-6-7-17-18(11-15)19(22(29)25-21(17)28)13-24-12-14-8-9-26(20(27)10-14)16-4-2-1-3-5-16/h1-11,13,24H,12H2,(H,25,28,29)/b19-13-. The molecule has 0 fully saturated rings. The molecule has 7 heteroatoms. The van der Waals surface area contributed by atoms with E-state index < -0.39 is 11.8 Å². The molecule has 1 aromatic heterocycles. The van der Waals surface area contributed by atoms with Crippen LogP contribution < -0.4 is 16.2 Å². The fourth-order valence-electron chi connectivity index (χ4n) is 3.14. The summed E-state index contributed by atoms with van der Waals surface area (Å²) >= 11 is 2.14. The Balaban J connectivity index is 1.55. The van der Waals surface area contributed by atoms with E-state index in [0.29, 0.717) is 23.2 Å². The van der Waals surface area contributed by atoms with Crippen LogP contribution in [0.4, 0.5) is 0 Å². The number of carbonyl (C=O) groups is 2. The second-order valence-electron chi connectivity index (χ2n) is 6.49. The quantitative estimate of drug-likeness (QED) is 0.330. The van der Waals surface area contributed by atoms with Gasteiger partial charge >= 0.3 is 0 Å². The topological polar surface area (TPSA) is 80.2 Å². The minimum atomic E-state index is -0.448. The van der Waals surface area contributed by atoms with E-state index in [2.05, 4.69) is 33.2 Å². The summed E-state index contributed by atoms with van der Waals surface area (Å²) in [5, 5.41) is 5.43. The summed E-state index contributed by atoms with van der Waals surface area (Å²) in [5.74, 6) is -0.848. The summed E-state index contributed by atoms with van der Waals surface area (Å²) in [7, 11) is 0. The van der Waals surface area contributed by atoms with Gasteiger partial charge in [0.25, 0.3) is 17.4 Å². The number of pyridine rings is 1. The maximum atomic E-state index is 12.4. The van der Waals surface area contributed by atoms with E-state index in [1.807, 2.05) is 42.5 Å². The Hall–Kier alpha value is -3.20. The number of aromatic nitrogens is 1. The molecule has 2 amide bonds. The fraction of sp³-hybridized carbons (Fsp3) is 0.0455. The minimum absolute atomic E-state index is 0.135. The van der Waals surface area contributed by atoms with Crippen molar-refractivity contribution in [3.05, 3.63) is 104 Å². The first kappa shape index (κ1) is 19.1. The van der Waals surface area contributed by atoms with Crippen LogP contribution >= 0.6 is 22.6 Å². The number of nitrogens with zero attached hydrogens (tertiary/aromatic N) is 1. The second-order valence-corrected chi connectivity index (χ2v) is 7.74. The van der Waals surface area contributed by atoms with Gasteiger partial charge in [-0.1, -0.05) is 18.2 Å². The van der Waals surface area contributed by atoms with E-state index in [9.17, 15) is 14.4 Å². The number of rotatable bonds is 4. The first-order valence-electron chi connectivity index (χ1n) is 8.89. The molecule has 4 rings (SSSR count). The van der Waals surface area contributed by atoms with Crippen molar-refractivity contribution < 1.29 is 9.59 Å². The molecule has 0 bridgehead atoms. The molecule has 144 valence electrons. The zero-order valence-corrected chi connectivity index (χ0v) is 17.3. The molecule has 6 nitrogen and oxygen atoms in total. The predicted octanol–water partition coefficient (Wildman–Crippen LogP) is 2.84. The summed E-state index contributed by atoms with van der Waals surface area (Å²) in [5.41, 5.74) is 2.89. The van der Waals surface area contributed by atoms with Crippen LogP contribution in [0.15, 0.2) is 77.9 Å². The third-order valence-corrected chi connectivity index (χ3v) is 5.23. The summed E-state index contributed by atoms with van der Waals surface area (Å²) in [6.45, 7) is 0.370. The molecular weight excluding hydrogens is 481 g/mol. The number of hydrogen-bond donors (Lipinski definition) is 2. The molecule has 1 aliphatic heterocycles. The van der Waals surface area contributed by atoms with Crippen molar-refractivity contribution in [3.8, 4) is 5.69 Å². The normalized spacial score (nSPS) is 14.4. The van der Waals surface area contributed by atoms with E-state index in [0.717, 1.165) is 14.8 Å². The van der Waals surface area contributed by atoms with Crippen molar-refractivity contribution in [2.45, 2.75) is 6.54 Å². The lowest BCUT2D eigenvalue weighted by molar-refractivity contribution is -0.114. The lowest BCUT2D eigenvalue weighted by atomic mass is 9.96. The Morgan fingerprint density at radius 2 is 1.72 bits per heavy atom. The third-order valence-electron chi connectivity index (χ3n) is 4.56. The summed E-state index contributed by atoms with van der Waals surface area (Å²) in [4.78, 5) is 36.7. The molecule has 0 saturated carbocycles. The van der Waals surface area contributed by atoms with Crippen molar-refractivity contribution in [1.29, 1.82) is 0 Å². The number of fused-ring (bicyclic) bond motifs is 1. The molecule has 0 radical (unpaired) electrons. The average Bonchev–Trinajstić information content (AvgIpc) is 2.71. The average molecular weight is 497 g/mol. The molecule has 0 spiro atoms. The van der Waals surface area contributed by atoms with Crippen LogP contribution in [0.5, 0.6) is 0 Å². The number of para-hydroxylation sites is 1. The van der Waals surface area contributed by atoms with Crippen LogP contribution in [0, 0.1) is 3.57 Å². The van der Waals surface area contributed by atoms with E-state index in [1.54, 1.807) is 35.2 Å². The van der Waals surface area contributed by atoms with Gasteiger partial charge in [-0.25, -0.2) is 0 Å². The lowest BCUT2D eigenvalue weighted by Crippen LogP contribution is -2.37. The van der Waals surface area contributed by atoms with E-state index in [-0.39, 0.29) is 5.56 Å².